The van der Waals surface area contributed by atoms with Gasteiger partial charge in [-0.25, -0.2) is 0 Å². The highest BCUT2D eigenvalue weighted by atomic mass is 35.5. The minimum absolute atomic E-state index is 0.0293. The van der Waals surface area contributed by atoms with Crippen LogP contribution >= 0.6 is 23.4 Å². The molecule has 92 valence electrons. The Balaban J connectivity index is 2.29. The van der Waals surface area contributed by atoms with Crippen LogP contribution in [0, 0.1) is 13.8 Å². The summed E-state index contributed by atoms with van der Waals surface area (Å²) in [7, 11) is 0. The molecule has 2 nitrogen and oxygen atoms in total. The lowest BCUT2D eigenvalue weighted by Gasteiger charge is -2.24. The molecule has 1 aliphatic heterocycles. The van der Waals surface area contributed by atoms with Crippen LogP contribution in [0.5, 0.6) is 0 Å². The second-order valence-corrected chi connectivity index (χ2v) is 5.76. The fourth-order valence-corrected chi connectivity index (χ4v) is 3.69. The van der Waals surface area contributed by atoms with Crippen LogP contribution in [0.4, 0.5) is 0 Å². The van der Waals surface area contributed by atoms with Crippen molar-refractivity contribution in [1.82, 2.24) is 4.90 Å². The molecule has 0 aliphatic carbocycles. The Morgan fingerprint density at radius 2 is 2.29 bits per heavy atom. The quantitative estimate of drug-likeness (QED) is 0.769. The van der Waals surface area contributed by atoms with Crippen LogP contribution in [-0.4, -0.2) is 29.0 Å². The molecule has 1 fully saturated rings. The number of rotatable bonds is 2. The van der Waals surface area contributed by atoms with Gasteiger partial charge in [0.15, 0.2) is 0 Å². The molecule has 0 unspecified atom stereocenters. The van der Waals surface area contributed by atoms with Crippen molar-refractivity contribution in [3.8, 4) is 0 Å². The molecule has 1 aromatic carbocycles. The van der Waals surface area contributed by atoms with Gasteiger partial charge in [-0.2, -0.15) is 0 Å². The molecule has 4 heteroatoms. The van der Waals surface area contributed by atoms with E-state index in [9.17, 15) is 4.79 Å². The maximum Gasteiger partial charge on any atom is 0.238 e. The van der Waals surface area contributed by atoms with Gasteiger partial charge in [0, 0.05) is 12.3 Å². The van der Waals surface area contributed by atoms with Gasteiger partial charge in [0.25, 0.3) is 0 Å². The van der Waals surface area contributed by atoms with E-state index in [0.717, 1.165) is 12.3 Å². The van der Waals surface area contributed by atoms with Crippen LogP contribution in [0.1, 0.15) is 22.1 Å². The third-order valence-electron chi connectivity index (χ3n) is 3.02. The van der Waals surface area contributed by atoms with Gasteiger partial charge in [0.2, 0.25) is 5.91 Å². The van der Waals surface area contributed by atoms with E-state index in [1.165, 1.54) is 16.7 Å². The smallest absolute Gasteiger partial charge is 0.238 e. The molecule has 1 aromatic rings. The van der Waals surface area contributed by atoms with Crippen LogP contribution in [0.15, 0.2) is 18.2 Å². The van der Waals surface area contributed by atoms with E-state index >= 15 is 0 Å². The van der Waals surface area contributed by atoms with E-state index in [0.29, 0.717) is 0 Å². The minimum atomic E-state index is 0.0293. The molecule has 0 saturated carbocycles. The zero-order valence-corrected chi connectivity index (χ0v) is 11.6. The number of hydrogen-bond acceptors (Lipinski definition) is 2. The molecular formula is C13H16ClNOS. The number of alkyl halides is 1. The maximum absolute atomic E-state index is 11.8. The predicted octanol–water partition coefficient (Wildman–Crippen LogP) is 3.12. The second kappa shape index (κ2) is 5.32. The molecule has 0 radical (unpaired) electrons. The Hall–Kier alpha value is -0.670. The first kappa shape index (κ1) is 12.8. The van der Waals surface area contributed by atoms with E-state index in [-0.39, 0.29) is 17.2 Å². The van der Waals surface area contributed by atoms with Crippen molar-refractivity contribution in [3.05, 3.63) is 34.9 Å². The number of nitrogens with zero attached hydrogens (tertiary/aromatic N) is 1. The number of carbonyl (C=O) groups is 1. The zero-order valence-electron chi connectivity index (χ0n) is 10.1. The number of benzene rings is 1. The van der Waals surface area contributed by atoms with Gasteiger partial charge < -0.3 is 4.90 Å². The van der Waals surface area contributed by atoms with E-state index in [2.05, 4.69) is 32.0 Å². The first-order valence-corrected chi connectivity index (χ1v) is 7.26. The summed E-state index contributed by atoms with van der Waals surface area (Å²) in [5.74, 6) is 1.09. The average Bonchev–Trinajstić information content (AvgIpc) is 2.77. The molecule has 0 bridgehead atoms. The lowest BCUT2D eigenvalue weighted by atomic mass is 10.1. The molecular weight excluding hydrogens is 254 g/mol. The zero-order chi connectivity index (χ0) is 12.4. The fraction of sp³-hybridized carbons (Fsp3) is 0.462. The summed E-state index contributed by atoms with van der Waals surface area (Å²) in [6.45, 7) is 4.99. The van der Waals surface area contributed by atoms with Crippen molar-refractivity contribution in [2.45, 2.75) is 19.2 Å². The van der Waals surface area contributed by atoms with Gasteiger partial charge in [0.1, 0.15) is 11.3 Å². The van der Waals surface area contributed by atoms with Gasteiger partial charge in [-0.1, -0.05) is 23.8 Å². The standard InChI is InChI=1S/C13H16ClNOS/c1-9-3-4-11(10(2)7-9)13-15(5-6-17-13)12(16)8-14/h3-4,7,13H,5-6,8H2,1-2H3/t13-/m1/s1. The Morgan fingerprint density at radius 1 is 1.53 bits per heavy atom. The largest absolute Gasteiger partial charge is 0.325 e. The Kier molecular flexibility index (Phi) is 4.00. The van der Waals surface area contributed by atoms with Gasteiger partial charge in [-0.05, 0) is 25.0 Å². The SMILES string of the molecule is Cc1ccc([C@H]2SCCN2C(=O)CCl)c(C)c1. The Labute approximate surface area is 111 Å². The molecule has 17 heavy (non-hydrogen) atoms. The predicted molar refractivity (Wildman–Crippen MR) is 73.5 cm³/mol. The summed E-state index contributed by atoms with van der Waals surface area (Å²) in [5.41, 5.74) is 3.73. The second-order valence-electron chi connectivity index (χ2n) is 4.30. The summed E-state index contributed by atoms with van der Waals surface area (Å²) in [4.78, 5) is 13.6. The van der Waals surface area contributed by atoms with Gasteiger partial charge in [-0.15, -0.1) is 23.4 Å². The molecule has 0 aromatic heterocycles. The molecule has 1 heterocycles. The van der Waals surface area contributed by atoms with Crippen LogP contribution in [0.2, 0.25) is 0 Å². The number of hydrogen-bond donors (Lipinski definition) is 0. The third kappa shape index (κ3) is 2.61. The highest BCUT2D eigenvalue weighted by Crippen LogP contribution is 2.39. The summed E-state index contributed by atoms with van der Waals surface area (Å²) in [6, 6.07) is 6.39. The van der Waals surface area contributed by atoms with E-state index in [1.807, 2.05) is 16.7 Å². The molecule has 1 atom stereocenters. The van der Waals surface area contributed by atoms with Crippen molar-refractivity contribution < 1.29 is 4.79 Å². The van der Waals surface area contributed by atoms with E-state index in [4.69, 9.17) is 11.6 Å². The number of carbonyl (C=O) groups excluding carboxylic acids is 1. The summed E-state index contributed by atoms with van der Waals surface area (Å²) in [6.07, 6.45) is 0. The maximum atomic E-state index is 11.8. The normalized spacial score (nSPS) is 19.7. The van der Waals surface area contributed by atoms with E-state index in [1.54, 1.807) is 0 Å². The molecule has 1 aliphatic rings. The lowest BCUT2D eigenvalue weighted by molar-refractivity contribution is -0.128. The number of halogens is 1. The topological polar surface area (TPSA) is 20.3 Å². The number of thioether (sulfide) groups is 1. The molecule has 0 spiro atoms. The Morgan fingerprint density at radius 3 is 2.94 bits per heavy atom. The molecule has 0 N–H and O–H groups in total. The van der Waals surface area contributed by atoms with Gasteiger partial charge >= 0.3 is 0 Å². The highest BCUT2D eigenvalue weighted by molar-refractivity contribution is 7.99. The molecule has 1 amide bonds. The van der Waals surface area contributed by atoms with Crippen molar-refractivity contribution in [1.29, 1.82) is 0 Å². The van der Waals surface area contributed by atoms with Gasteiger partial charge in [0.05, 0.1) is 0 Å². The first-order valence-electron chi connectivity index (χ1n) is 5.67. The summed E-state index contributed by atoms with van der Waals surface area (Å²) >= 11 is 7.46. The van der Waals surface area contributed by atoms with E-state index < -0.39 is 0 Å². The average molecular weight is 270 g/mol. The monoisotopic (exact) mass is 269 g/mol. The number of aryl methyl sites for hydroxylation is 2. The minimum Gasteiger partial charge on any atom is -0.325 e. The van der Waals surface area contributed by atoms with Crippen molar-refractivity contribution in [3.63, 3.8) is 0 Å². The fourth-order valence-electron chi connectivity index (χ4n) is 2.16. The van der Waals surface area contributed by atoms with Crippen LogP contribution in [0.25, 0.3) is 0 Å². The molecule has 2 rings (SSSR count). The number of amides is 1. The van der Waals surface area contributed by atoms with Gasteiger partial charge in [-0.3, -0.25) is 4.79 Å². The van der Waals surface area contributed by atoms with Crippen LogP contribution < -0.4 is 0 Å². The van der Waals surface area contributed by atoms with Crippen LogP contribution in [-0.2, 0) is 4.79 Å². The lowest BCUT2D eigenvalue weighted by Crippen LogP contribution is -2.31. The summed E-state index contributed by atoms with van der Waals surface area (Å²) < 4.78 is 0. The van der Waals surface area contributed by atoms with Crippen LogP contribution in [0.3, 0.4) is 0 Å². The Bertz CT molecular complexity index is 435. The van der Waals surface area contributed by atoms with Crippen molar-refractivity contribution >= 4 is 29.3 Å². The van der Waals surface area contributed by atoms with Crippen molar-refractivity contribution in [2.24, 2.45) is 0 Å². The summed E-state index contributed by atoms with van der Waals surface area (Å²) in [5, 5.41) is 0.141. The third-order valence-corrected chi connectivity index (χ3v) is 4.49. The first-order chi connectivity index (χ1) is 8.13. The molecule has 1 saturated heterocycles. The van der Waals surface area contributed by atoms with Crippen molar-refractivity contribution in [2.75, 3.05) is 18.2 Å². The highest BCUT2D eigenvalue weighted by Gasteiger charge is 2.30.